The van der Waals surface area contributed by atoms with Crippen LogP contribution in [0.2, 0.25) is 5.02 Å². The van der Waals surface area contributed by atoms with Crippen molar-refractivity contribution in [2.24, 2.45) is 0 Å². The number of rotatable bonds is 9. The highest BCUT2D eigenvalue weighted by Gasteiger charge is 2.15. The second-order valence-electron chi connectivity index (χ2n) is 7.00. The second kappa shape index (κ2) is 10.9. The van der Waals surface area contributed by atoms with Gasteiger partial charge < -0.3 is 9.47 Å². The van der Waals surface area contributed by atoms with Gasteiger partial charge in [0.2, 0.25) is 0 Å². The van der Waals surface area contributed by atoms with Crippen LogP contribution in [-0.4, -0.2) is 21.4 Å². The van der Waals surface area contributed by atoms with E-state index in [2.05, 4.69) is 16.3 Å². The van der Waals surface area contributed by atoms with Gasteiger partial charge >= 0.3 is 0 Å². The fraction of sp³-hybridized carbons (Fsp3) is 0.160. The van der Waals surface area contributed by atoms with Crippen LogP contribution in [-0.2, 0) is 12.4 Å². The molecule has 1 aromatic heterocycles. The Labute approximate surface area is 201 Å². The lowest BCUT2D eigenvalue weighted by Crippen LogP contribution is -2.06. The smallest absolute Gasteiger partial charge is 0.196 e. The largest absolute Gasteiger partial charge is 0.494 e. The van der Waals surface area contributed by atoms with Crippen molar-refractivity contribution < 1.29 is 9.47 Å². The fourth-order valence-corrected chi connectivity index (χ4v) is 4.16. The summed E-state index contributed by atoms with van der Waals surface area (Å²) >= 11 is 7.66. The lowest BCUT2D eigenvalue weighted by atomic mass is 10.2. The fourth-order valence-electron chi connectivity index (χ4n) is 3.11. The number of nitrogens with zero attached hydrogens (tertiary/aromatic N) is 4. The van der Waals surface area contributed by atoms with Gasteiger partial charge in [0, 0.05) is 16.5 Å². The molecular weight excluding hydrogens is 456 g/mol. The zero-order chi connectivity index (χ0) is 23.0. The summed E-state index contributed by atoms with van der Waals surface area (Å²) in [4.78, 5) is 0. The predicted molar refractivity (Wildman–Crippen MR) is 129 cm³/mol. The van der Waals surface area contributed by atoms with Crippen molar-refractivity contribution in [3.05, 3.63) is 94.8 Å². The molecule has 0 bridgehead atoms. The molecule has 0 saturated heterocycles. The van der Waals surface area contributed by atoms with Crippen LogP contribution in [0, 0.1) is 11.3 Å². The molecule has 0 unspecified atom stereocenters. The van der Waals surface area contributed by atoms with Crippen LogP contribution in [0.25, 0.3) is 5.69 Å². The minimum absolute atomic E-state index is 0.251. The molecule has 0 amide bonds. The van der Waals surface area contributed by atoms with Crippen LogP contribution in [0.15, 0.2) is 78.0 Å². The highest BCUT2D eigenvalue weighted by atomic mass is 35.5. The number of benzene rings is 3. The van der Waals surface area contributed by atoms with Crippen molar-refractivity contribution in [2.45, 2.75) is 24.4 Å². The highest BCUT2D eigenvalue weighted by Crippen LogP contribution is 2.27. The number of ether oxygens (including phenoxy) is 2. The topological polar surface area (TPSA) is 73.0 Å². The predicted octanol–water partition coefficient (Wildman–Crippen LogP) is 6.06. The standard InChI is InChI=1S/C25H21ClN4O2S/c1-2-31-22-11-13-23(14-12-22)32-16-24-28-29-25(30(24)21-9-7-20(26)8-10-21)33-17-19-5-3-18(15-27)4-6-19/h3-14H,2,16-17H2,1H3. The molecule has 0 N–H and O–H groups in total. The zero-order valence-electron chi connectivity index (χ0n) is 17.9. The first-order chi connectivity index (χ1) is 16.2. The molecule has 0 radical (unpaired) electrons. The molecule has 0 aliphatic heterocycles. The van der Waals surface area contributed by atoms with Gasteiger partial charge in [-0.2, -0.15) is 5.26 Å². The Bertz CT molecular complexity index is 1230. The number of thioether (sulfide) groups is 1. The molecule has 0 aliphatic carbocycles. The first-order valence-corrected chi connectivity index (χ1v) is 11.7. The van der Waals surface area contributed by atoms with Crippen molar-refractivity contribution in [3.8, 4) is 23.3 Å². The van der Waals surface area contributed by atoms with Gasteiger partial charge in [-0.15, -0.1) is 10.2 Å². The van der Waals surface area contributed by atoms with Gasteiger partial charge in [0.05, 0.1) is 18.2 Å². The van der Waals surface area contributed by atoms with E-state index in [1.165, 1.54) is 0 Å². The van der Waals surface area contributed by atoms with Crippen LogP contribution < -0.4 is 9.47 Å². The van der Waals surface area contributed by atoms with Crippen molar-refractivity contribution in [2.75, 3.05) is 6.61 Å². The quantitative estimate of drug-likeness (QED) is 0.273. The zero-order valence-corrected chi connectivity index (χ0v) is 19.5. The Morgan fingerprint density at radius 1 is 0.909 bits per heavy atom. The average molecular weight is 477 g/mol. The van der Waals surface area contributed by atoms with Crippen LogP contribution in [0.3, 0.4) is 0 Å². The number of halogens is 1. The van der Waals surface area contributed by atoms with Gasteiger partial charge in [0.25, 0.3) is 0 Å². The molecule has 4 aromatic rings. The maximum atomic E-state index is 8.99. The molecule has 0 spiro atoms. The van der Waals surface area contributed by atoms with Gasteiger partial charge in [-0.3, -0.25) is 4.57 Å². The average Bonchev–Trinajstić information content (AvgIpc) is 3.26. The van der Waals surface area contributed by atoms with E-state index in [-0.39, 0.29) is 6.61 Å². The minimum atomic E-state index is 0.251. The van der Waals surface area contributed by atoms with Crippen LogP contribution in [0.5, 0.6) is 11.5 Å². The van der Waals surface area contributed by atoms with Crippen molar-refractivity contribution in [1.29, 1.82) is 5.26 Å². The van der Waals surface area contributed by atoms with E-state index in [0.717, 1.165) is 27.9 Å². The van der Waals surface area contributed by atoms with E-state index in [9.17, 15) is 0 Å². The Morgan fingerprint density at radius 3 is 2.21 bits per heavy atom. The lowest BCUT2D eigenvalue weighted by Gasteiger charge is -2.12. The molecule has 4 rings (SSSR count). The molecule has 8 heteroatoms. The van der Waals surface area contributed by atoms with E-state index in [1.54, 1.807) is 11.8 Å². The highest BCUT2D eigenvalue weighted by molar-refractivity contribution is 7.98. The second-order valence-corrected chi connectivity index (χ2v) is 8.38. The van der Waals surface area contributed by atoms with Crippen molar-refractivity contribution in [1.82, 2.24) is 14.8 Å². The molecule has 0 aliphatic rings. The van der Waals surface area contributed by atoms with Crippen molar-refractivity contribution in [3.63, 3.8) is 0 Å². The monoisotopic (exact) mass is 476 g/mol. The third kappa shape index (κ3) is 5.86. The maximum absolute atomic E-state index is 8.99. The third-order valence-corrected chi connectivity index (χ3v) is 5.99. The molecule has 3 aromatic carbocycles. The number of hydrogen-bond donors (Lipinski definition) is 0. The summed E-state index contributed by atoms with van der Waals surface area (Å²) in [5, 5.41) is 19.2. The van der Waals surface area contributed by atoms with Gasteiger partial charge in [-0.25, -0.2) is 0 Å². The summed E-state index contributed by atoms with van der Waals surface area (Å²) in [6.07, 6.45) is 0. The van der Waals surface area contributed by atoms with E-state index in [0.29, 0.717) is 28.8 Å². The van der Waals surface area contributed by atoms with E-state index in [1.807, 2.05) is 84.3 Å². The van der Waals surface area contributed by atoms with Gasteiger partial charge in [0.1, 0.15) is 18.1 Å². The molecule has 33 heavy (non-hydrogen) atoms. The van der Waals surface area contributed by atoms with Crippen LogP contribution >= 0.6 is 23.4 Å². The molecular formula is C25H21ClN4O2S. The van der Waals surface area contributed by atoms with Gasteiger partial charge in [0.15, 0.2) is 11.0 Å². The molecule has 0 fully saturated rings. The van der Waals surface area contributed by atoms with E-state index in [4.69, 9.17) is 26.3 Å². The third-order valence-electron chi connectivity index (χ3n) is 4.74. The normalized spacial score (nSPS) is 10.6. The summed E-state index contributed by atoms with van der Waals surface area (Å²) in [6.45, 7) is 2.82. The van der Waals surface area contributed by atoms with Crippen LogP contribution in [0.4, 0.5) is 0 Å². The van der Waals surface area contributed by atoms with Crippen LogP contribution in [0.1, 0.15) is 23.9 Å². The van der Waals surface area contributed by atoms with Gasteiger partial charge in [-0.1, -0.05) is 35.5 Å². The minimum Gasteiger partial charge on any atom is -0.494 e. The molecule has 6 nitrogen and oxygen atoms in total. The summed E-state index contributed by atoms with van der Waals surface area (Å²) in [5.41, 5.74) is 2.63. The number of aromatic nitrogens is 3. The number of nitriles is 1. The first-order valence-electron chi connectivity index (χ1n) is 10.3. The Kier molecular flexibility index (Phi) is 7.51. The Hall–Kier alpha value is -3.47. The van der Waals surface area contributed by atoms with E-state index < -0.39 is 0 Å². The lowest BCUT2D eigenvalue weighted by molar-refractivity contribution is 0.291. The molecule has 166 valence electrons. The summed E-state index contributed by atoms with van der Waals surface area (Å²) in [6, 6.07) is 24.7. The summed E-state index contributed by atoms with van der Waals surface area (Å²) in [7, 11) is 0. The van der Waals surface area contributed by atoms with Gasteiger partial charge in [-0.05, 0) is 73.2 Å². The SMILES string of the molecule is CCOc1ccc(OCc2nnc(SCc3ccc(C#N)cc3)n2-c2ccc(Cl)cc2)cc1. The molecule has 0 atom stereocenters. The molecule has 0 saturated carbocycles. The first kappa shape index (κ1) is 22.7. The van der Waals surface area contributed by atoms with Crippen molar-refractivity contribution >= 4 is 23.4 Å². The molecule has 1 heterocycles. The Morgan fingerprint density at radius 2 is 1.58 bits per heavy atom. The number of hydrogen-bond acceptors (Lipinski definition) is 6. The Balaban J connectivity index is 1.54. The summed E-state index contributed by atoms with van der Waals surface area (Å²) < 4.78 is 13.4. The van der Waals surface area contributed by atoms with E-state index >= 15 is 0 Å². The summed E-state index contributed by atoms with van der Waals surface area (Å²) in [5.74, 6) is 2.89. The maximum Gasteiger partial charge on any atom is 0.196 e.